The van der Waals surface area contributed by atoms with Crippen LogP contribution in [0.25, 0.3) is 0 Å². The molecule has 0 fully saturated rings. The van der Waals surface area contributed by atoms with E-state index in [0.717, 1.165) is 18.9 Å². The number of phenolic OH excluding ortho intramolecular Hbond substituents is 1. The summed E-state index contributed by atoms with van der Waals surface area (Å²) in [4.78, 5) is 0. The minimum Gasteiger partial charge on any atom is -0.508 e. The fraction of sp³-hybridized carbons (Fsp3) is 0.250. The highest BCUT2D eigenvalue weighted by molar-refractivity contribution is 7.01. The molecule has 0 atom stereocenters. The van der Waals surface area contributed by atoms with E-state index in [4.69, 9.17) is 4.12 Å². The summed E-state index contributed by atoms with van der Waals surface area (Å²) in [5.41, 5.74) is 1.27. The van der Waals surface area contributed by atoms with Gasteiger partial charge in [0.1, 0.15) is 5.75 Å². The van der Waals surface area contributed by atoms with Gasteiger partial charge >= 0.3 is 0 Å². The van der Waals surface area contributed by atoms with Crippen LogP contribution in [0.4, 0.5) is 0 Å². The summed E-state index contributed by atoms with van der Waals surface area (Å²) in [7, 11) is -4.10. The smallest absolute Gasteiger partial charge is 0.241 e. The van der Waals surface area contributed by atoms with Crippen molar-refractivity contribution in [2.45, 2.75) is 38.5 Å². The van der Waals surface area contributed by atoms with Gasteiger partial charge in [-0.2, -0.15) is 0 Å². The fourth-order valence-corrected chi connectivity index (χ4v) is 12.6. The third-order valence-corrected chi connectivity index (χ3v) is 13.6. The van der Waals surface area contributed by atoms with Gasteiger partial charge in [-0.3, -0.25) is 0 Å². The molecule has 3 rings (SSSR count). The fourth-order valence-electron chi connectivity index (χ4n) is 3.78. The average molecular weight is 407 g/mol. The maximum absolute atomic E-state index is 9.45. The van der Waals surface area contributed by atoms with Gasteiger partial charge in [-0.25, -0.2) is 0 Å². The van der Waals surface area contributed by atoms with Gasteiger partial charge in [0.25, 0.3) is 0 Å². The molecule has 0 radical (unpaired) electrons. The Morgan fingerprint density at radius 3 is 1.71 bits per heavy atom. The van der Waals surface area contributed by atoms with Gasteiger partial charge in [0.2, 0.25) is 8.32 Å². The molecule has 3 aromatic carbocycles. The van der Waals surface area contributed by atoms with Gasteiger partial charge in [0.15, 0.2) is 8.32 Å². The van der Waals surface area contributed by atoms with Gasteiger partial charge in [-0.15, -0.1) is 0 Å². The van der Waals surface area contributed by atoms with E-state index in [1.54, 1.807) is 12.1 Å². The maximum atomic E-state index is 9.45. The summed E-state index contributed by atoms with van der Waals surface area (Å²) in [6, 6.07) is 30.2. The van der Waals surface area contributed by atoms with E-state index in [-0.39, 0.29) is 0 Å². The van der Waals surface area contributed by atoms with Gasteiger partial charge in [-0.05, 0) is 66.6 Å². The lowest BCUT2D eigenvalue weighted by atomic mass is 10.1. The number of benzene rings is 3. The molecular weight excluding hydrogens is 376 g/mol. The summed E-state index contributed by atoms with van der Waals surface area (Å²) in [5.74, 6) is 0.328. The Kier molecular flexibility index (Phi) is 6.55. The van der Waals surface area contributed by atoms with E-state index in [1.807, 2.05) is 12.1 Å². The molecule has 0 heterocycles. The monoisotopic (exact) mass is 406 g/mol. The van der Waals surface area contributed by atoms with Crippen molar-refractivity contribution < 1.29 is 9.22 Å². The summed E-state index contributed by atoms with van der Waals surface area (Å²) >= 11 is 0. The molecule has 0 aromatic heterocycles. The summed E-state index contributed by atoms with van der Waals surface area (Å²) < 4.78 is 7.09. The quantitative estimate of drug-likeness (QED) is 0.537. The zero-order valence-electron chi connectivity index (χ0n) is 17.1. The lowest BCUT2D eigenvalue weighted by Gasteiger charge is -2.37. The van der Waals surface area contributed by atoms with E-state index in [2.05, 4.69) is 80.3 Å². The first kappa shape index (κ1) is 20.6. The highest BCUT2D eigenvalue weighted by Gasteiger charge is 2.39. The summed E-state index contributed by atoms with van der Waals surface area (Å²) in [6.45, 7) is 7.04. The first-order valence-corrected chi connectivity index (χ1v) is 15.5. The first-order valence-electron chi connectivity index (χ1n) is 9.98. The number of hydrogen-bond donors (Lipinski definition) is 1. The molecular formula is C24H30O2Si2. The SMILES string of the molecule is C[Si](C)(CCCc1ccc(O)cc1)O[Si](C)(c1ccccc1)c1ccccc1. The Morgan fingerprint density at radius 2 is 1.21 bits per heavy atom. The minimum absolute atomic E-state index is 0.328. The van der Waals surface area contributed by atoms with Crippen LogP contribution in [0.2, 0.25) is 25.7 Å². The Balaban J connectivity index is 1.75. The van der Waals surface area contributed by atoms with Gasteiger partial charge in [0, 0.05) is 0 Å². The molecule has 4 heteroatoms. The first-order chi connectivity index (χ1) is 13.4. The van der Waals surface area contributed by atoms with Crippen molar-refractivity contribution in [1.82, 2.24) is 0 Å². The van der Waals surface area contributed by atoms with Crippen LogP contribution >= 0.6 is 0 Å². The van der Waals surface area contributed by atoms with Crippen molar-refractivity contribution in [3.05, 3.63) is 90.5 Å². The van der Waals surface area contributed by atoms with Crippen LogP contribution in [0.5, 0.6) is 5.75 Å². The van der Waals surface area contributed by atoms with Gasteiger partial charge in [0.05, 0.1) is 0 Å². The Bertz CT molecular complexity index is 823. The Morgan fingerprint density at radius 1 is 0.714 bits per heavy atom. The van der Waals surface area contributed by atoms with Crippen LogP contribution < -0.4 is 10.4 Å². The molecule has 0 aliphatic heterocycles. The van der Waals surface area contributed by atoms with Crippen LogP contribution in [-0.2, 0) is 10.5 Å². The molecule has 0 spiro atoms. The van der Waals surface area contributed by atoms with Crippen LogP contribution in [-0.4, -0.2) is 21.7 Å². The molecule has 0 bridgehead atoms. The van der Waals surface area contributed by atoms with E-state index in [0.29, 0.717) is 5.75 Å². The molecule has 0 amide bonds. The summed E-state index contributed by atoms with van der Waals surface area (Å²) in [6.07, 6.45) is 2.13. The van der Waals surface area contributed by atoms with Crippen LogP contribution in [0, 0.1) is 0 Å². The molecule has 0 saturated heterocycles. The molecule has 0 aliphatic rings. The van der Waals surface area contributed by atoms with Crippen LogP contribution in [0.3, 0.4) is 0 Å². The Labute approximate surface area is 171 Å². The molecule has 28 heavy (non-hydrogen) atoms. The van der Waals surface area contributed by atoms with E-state index >= 15 is 0 Å². The summed E-state index contributed by atoms with van der Waals surface area (Å²) in [5, 5.41) is 12.1. The molecule has 3 aromatic rings. The van der Waals surface area contributed by atoms with Crippen LogP contribution in [0.15, 0.2) is 84.9 Å². The van der Waals surface area contributed by atoms with E-state index < -0.39 is 16.6 Å². The van der Waals surface area contributed by atoms with Crippen LogP contribution in [0.1, 0.15) is 12.0 Å². The van der Waals surface area contributed by atoms with Crippen molar-refractivity contribution >= 4 is 27.0 Å². The molecule has 0 unspecified atom stereocenters. The largest absolute Gasteiger partial charge is 0.508 e. The Hall–Kier alpha value is -2.15. The molecule has 0 saturated carbocycles. The molecule has 146 valence electrons. The zero-order chi connectivity index (χ0) is 20.0. The third-order valence-electron chi connectivity index (χ3n) is 5.31. The van der Waals surface area contributed by atoms with Gasteiger partial charge < -0.3 is 9.22 Å². The van der Waals surface area contributed by atoms with Crippen molar-refractivity contribution in [1.29, 1.82) is 0 Å². The van der Waals surface area contributed by atoms with E-state index in [1.165, 1.54) is 15.9 Å². The number of rotatable bonds is 8. The number of aromatic hydroxyl groups is 1. The third kappa shape index (κ3) is 5.22. The molecule has 1 N–H and O–H groups in total. The van der Waals surface area contributed by atoms with Gasteiger partial charge in [-0.1, -0.05) is 72.8 Å². The molecule has 0 aliphatic carbocycles. The standard InChI is InChI=1S/C24H30O2Si2/c1-27(2,20-10-11-21-16-18-22(25)19-17-21)26-28(3,23-12-6-4-7-13-23)24-14-8-5-9-15-24/h4-9,12-19,25H,10-11,20H2,1-3H3. The van der Waals surface area contributed by atoms with E-state index in [9.17, 15) is 5.11 Å². The second-order valence-corrected chi connectivity index (χ2v) is 16.2. The topological polar surface area (TPSA) is 29.5 Å². The number of phenols is 1. The maximum Gasteiger partial charge on any atom is 0.241 e. The zero-order valence-corrected chi connectivity index (χ0v) is 19.1. The highest BCUT2D eigenvalue weighted by Crippen LogP contribution is 2.22. The lowest BCUT2D eigenvalue weighted by Crippen LogP contribution is -2.62. The van der Waals surface area contributed by atoms with Crippen molar-refractivity contribution in [3.63, 3.8) is 0 Å². The molecule has 2 nitrogen and oxygen atoms in total. The number of aryl methyl sites for hydroxylation is 1. The number of hydrogen-bond acceptors (Lipinski definition) is 2. The second kappa shape index (κ2) is 8.90. The highest BCUT2D eigenvalue weighted by atomic mass is 28.4. The predicted octanol–water partition coefficient (Wildman–Crippen LogP) is 4.94. The van der Waals surface area contributed by atoms with Crippen molar-refractivity contribution in [2.75, 3.05) is 0 Å². The minimum atomic E-state index is -2.25. The lowest BCUT2D eigenvalue weighted by molar-refractivity contribution is 0.475. The van der Waals surface area contributed by atoms with Crippen molar-refractivity contribution in [2.24, 2.45) is 0 Å². The van der Waals surface area contributed by atoms with Crippen molar-refractivity contribution in [3.8, 4) is 5.75 Å². The average Bonchev–Trinajstić information content (AvgIpc) is 2.70. The predicted molar refractivity (Wildman–Crippen MR) is 124 cm³/mol. The normalized spacial score (nSPS) is 12.1. The second-order valence-electron chi connectivity index (χ2n) is 8.15.